The molecule has 4 rings (SSSR count). The minimum Gasteiger partial charge on any atom is -0.384 e. The third-order valence-corrected chi connectivity index (χ3v) is 6.63. The van der Waals surface area contributed by atoms with Crippen LogP contribution in [0.3, 0.4) is 0 Å². The second-order valence-electron chi connectivity index (χ2n) is 6.40. The highest BCUT2D eigenvalue weighted by molar-refractivity contribution is 7.89. The molecule has 2 N–H and O–H groups in total. The lowest BCUT2D eigenvalue weighted by Gasteiger charge is -2.22. The first-order valence-corrected chi connectivity index (χ1v) is 8.99. The molecule has 1 aliphatic heterocycles. The average Bonchev–Trinajstić information content (AvgIpc) is 3.13. The van der Waals surface area contributed by atoms with Crippen LogP contribution >= 0.6 is 0 Å². The molecule has 0 amide bonds. The Kier molecular flexibility index (Phi) is 2.82. The molecule has 2 bridgehead atoms. The first kappa shape index (κ1) is 12.7. The van der Waals surface area contributed by atoms with E-state index < -0.39 is 10.0 Å². The maximum absolute atomic E-state index is 12.5. The molecule has 1 aromatic rings. The van der Waals surface area contributed by atoms with Gasteiger partial charge in [0.25, 0.3) is 0 Å². The van der Waals surface area contributed by atoms with E-state index in [4.69, 9.17) is 0 Å². The monoisotopic (exact) mass is 292 g/mol. The van der Waals surface area contributed by atoms with Crippen molar-refractivity contribution >= 4 is 15.7 Å². The highest BCUT2D eigenvalue weighted by Crippen LogP contribution is 2.44. The van der Waals surface area contributed by atoms with Gasteiger partial charge in [0.1, 0.15) is 0 Å². The van der Waals surface area contributed by atoms with Crippen LogP contribution in [-0.2, 0) is 16.4 Å². The number of anilines is 1. The second-order valence-corrected chi connectivity index (χ2v) is 8.11. The summed E-state index contributed by atoms with van der Waals surface area (Å²) in [7, 11) is -3.38. The fourth-order valence-corrected chi connectivity index (χ4v) is 5.44. The average molecular weight is 292 g/mol. The third-order valence-electron chi connectivity index (χ3n) is 5.15. The molecule has 0 saturated heterocycles. The van der Waals surface area contributed by atoms with E-state index in [1.165, 1.54) is 24.8 Å². The van der Waals surface area contributed by atoms with Crippen LogP contribution < -0.4 is 10.0 Å². The van der Waals surface area contributed by atoms with Gasteiger partial charge in [-0.15, -0.1) is 0 Å². The van der Waals surface area contributed by atoms with E-state index in [9.17, 15) is 8.42 Å². The molecule has 1 aromatic carbocycles. The van der Waals surface area contributed by atoms with Gasteiger partial charge in [-0.25, -0.2) is 13.1 Å². The van der Waals surface area contributed by atoms with Crippen molar-refractivity contribution in [3.05, 3.63) is 23.8 Å². The molecule has 0 radical (unpaired) electrons. The van der Waals surface area contributed by atoms with Gasteiger partial charge in [0.15, 0.2) is 0 Å². The van der Waals surface area contributed by atoms with Gasteiger partial charge in [-0.05, 0) is 55.2 Å². The molecule has 3 atom stereocenters. The Morgan fingerprint density at radius 3 is 2.85 bits per heavy atom. The zero-order chi connectivity index (χ0) is 13.7. The summed E-state index contributed by atoms with van der Waals surface area (Å²) >= 11 is 0. The smallest absolute Gasteiger partial charge is 0.240 e. The van der Waals surface area contributed by atoms with Crippen molar-refractivity contribution in [3.63, 3.8) is 0 Å². The number of sulfonamides is 1. The standard InChI is InChI=1S/C15H20N2O2S/c18-20(19,17-15-8-10-1-2-12(15)7-10)13-4-3-11-5-6-16-14(11)9-13/h3-4,9-10,12,15-17H,1-2,5-8H2. The highest BCUT2D eigenvalue weighted by Gasteiger charge is 2.41. The van der Waals surface area contributed by atoms with Crippen molar-refractivity contribution in [2.45, 2.75) is 43.0 Å². The molecule has 0 spiro atoms. The molecule has 0 aromatic heterocycles. The normalized spacial score (nSPS) is 31.3. The number of fused-ring (bicyclic) bond motifs is 3. The van der Waals surface area contributed by atoms with E-state index in [1.54, 1.807) is 12.1 Å². The number of rotatable bonds is 3. The van der Waals surface area contributed by atoms with E-state index in [0.29, 0.717) is 10.8 Å². The molecule has 1 heterocycles. The van der Waals surface area contributed by atoms with Crippen molar-refractivity contribution < 1.29 is 8.42 Å². The van der Waals surface area contributed by atoms with Gasteiger partial charge < -0.3 is 5.32 Å². The van der Waals surface area contributed by atoms with Crippen molar-refractivity contribution in [1.82, 2.24) is 4.72 Å². The highest BCUT2D eigenvalue weighted by atomic mass is 32.2. The summed E-state index contributed by atoms with van der Waals surface area (Å²) in [4.78, 5) is 0.397. The van der Waals surface area contributed by atoms with Gasteiger partial charge in [-0.2, -0.15) is 0 Å². The Hall–Kier alpha value is -1.07. The summed E-state index contributed by atoms with van der Waals surface area (Å²) < 4.78 is 28.0. The van der Waals surface area contributed by atoms with Crippen molar-refractivity contribution in [1.29, 1.82) is 0 Å². The van der Waals surface area contributed by atoms with Gasteiger partial charge in [-0.3, -0.25) is 0 Å². The Labute approximate surface area is 120 Å². The van der Waals surface area contributed by atoms with E-state index in [0.717, 1.165) is 31.0 Å². The number of nitrogens with one attached hydrogen (secondary N) is 2. The molecule has 4 nitrogen and oxygen atoms in total. The molecule has 2 saturated carbocycles. The summed E-state index contributed by atoms with van der Waals surface area (Å²) in [5.74, 6) is 1.30. The molecule has 20 heavy (non-hydrogen) atoms. The predicted molar refractivity (Wildman–Crippen MR) is 78.2 cm³/mol. The van der Waals surface area contributed by atoms with Gasteiger partial charge >= 0.3 is 0 Å². The molecule has 108 valence electrons. The zero-order valence-corrected chi connectivity index (χ0v) is 12.2. The quantitative estimate of drug-likeness (QED) is 0.897. The maximum atomic E-state index is 12.5. The number of hydrogen-bond acceptors (Lipinski definition) is 3. The van der Waals surface area contributed by atoms with Crippen LogP contribution in [0, 0.1) is 11.8 Å². The maximum Gasteiger partial charge on any atom is 0.240 e. The SMILES string of the molecule is O=S(=O)(NC1CC2CCC1C2)c1ccc2c(c1)NCC2. The number of hydrogen-bond donors (Lipinski definition) is 2. The Morgan fingerprint density at radius 1 is 1.20 bits per heavy atom. The lowest BCUT2D eigenvalue weighted by atomic mass is 9.96. The molecular formula is C15H20N2O2S. The Morgan fingerprint density at radius 2 is 2.10 bits per heavy atom. The number of benzene rings is 1. The van der Waals surface area contributed by atoms with E-state index in [2.05, 4.69) is 10.0 Å². The molecule has 3 unspecified atom stereocenters. The first-order valence-electron chi connectivity index (χ1n) is 7.51. The lowest BCUT2D eigenvalue weighted by molar-refractivity contribution is 0.390. The van der Waals surface area contributed by atoms with Crippen LogP contribution in [0.25, 0.3) is 0 Å². The van der Waals surface area contributed by atoms with Crippen LogP contribution in [0.4, 0.5) is 5.69 Å². The first-order chi connectivity index (χ1) is 9.62. The van der Waals surface area contributed by atoms with Crippen molar-refractivity contribution in [2.75, 3.05) is 11.9 Å². The van der Waals surface area contributed by atoms with Crippen LogP contribution in [-0.4, -0.2) is 21.0 Å². The summed E-state index contributed by atoms with van der Waals surface area (Å²) in [6.07, 6.45) is 5.68. The van der Waals surface area contributed by atoms with Gasteiger partial charge in [0.05, 0.1) is 4.90 Å². The summed E-state index contributed by atoms with van der Waals surface area (Å²) in [6, 6.07) is 5.60. The minimum atomic E-state index is -3.38. The largest absolute Gasteiger partial charge is 0.384 e. The topological polar surface area (TPSA) is 58.2 Å². The van der Waals surface area contributed by atoms with Gasteiger partial charge in [-0.1, -0.05) is 12.5 Å². The molecule has 2 aliphatic carbocycles. The van der Waals surface area contributed by atoms with Crippen LogP contribution in [0.1, 0.15) is 31.2 Å². The van der Waals surface area contributed by atoms with Crippen LogP contribution in [0.2, 0.25) is 0 Å². The molecule has 2 fully saturated rings. The predicted octanol–water partition coefficient (Wildman–Crippen LogP) is 2.12. The zero-order valence-electron chi connectivity index (χ0n) is 11.4. The second kappa shape index (κ2) is 4.46. The van der Waals surface area contributed by atoms with E-state index >= 15 is 0 Å². The van der Waals surface area contributed by atoms with Crippen molar-refractivity contribution in [2.24, 2.45) is 11.8 Å². The van der Waals surface area contributed by atoms with Gasteiger partial charge in [0, 0.05) is 18.3 Å². The van der Waals surface area contributed by atoms with Crippen LogP contribution in [0.5, 0.6) is 0 Å². The Bertz CT molecular complexity index is 641. The van der Waals surface area contributed by atoms with Crippen molar-refractivity contribution in [3.8, 4) is 0 Å². The fourth-order valence-electron chi connectivity index (χ4n) is 4.09. The Balaban J connectivity index is 1.57. The fraction of sp³-hybridized carbons (Fsp3) is 0.600. The molecule has 3 aliphatic rings. The van der Waals surface area contributed by atoms with Crippen LogP contribution in [0.15, 0.2) is 23.1 Å². The minimum absolute atomic E-state index is 0.153. The van der Waals surface area contributed by atoms with E-state index in [-0.39, 0.29) is 6.04 Å². The van der Waals surface area contributed by atoms with Gasteiger partial charge in [0.2, 0.25) is 10.0 Å². The lowest BCUT2D eigenvalue weighted by Crippen LogP contribution is -2.38. The molecule has 5 heteroatoms. The van der Waals surface area contributed by atoms with E-state index in [1.807, 2.05) is 6.07 Å². The summed E-state index contributed by atoms with van der Waals surface area (Å²) in [6.45, 7) is 0.901. The molecular weight excluding hydrogens is 272 g/mol. The third kappa shape index (κ3) is 2.04. The summed E-state index contributed by atoms with van der Waals surface area (Å²) in [5.41, 5.74) is 2.18. The summed E-state index contributed by atoms with van der Waals surface area (Å²) in [5, 5.41) is 3.24.